The predicted molar refractivity (Wildman–Crippen MR) is 42.0 cm³/mol. The number of carbonyl (C=O) groups excluding carboxylic acids is 1. The highest BCUT2D eigenvalue weighted by molar-refractivity contribution is 5.84. The van der Waals surface area contributed by atoms with Crippen molar-refractivity contribution in [2.75, 3.05) is 0 Å². The second-order valence-electron chi connectivity index (χ2n) is 2.35. The lowest BCUT2D eigenvalue weighted by Crippen LogP contribution is -2.12. The largest absolute Gasteiger partial charge is 0.467 e. The van der Waals surface area contributed by atoms with Crippen molar-refractivity contribution in [3.63, 3.8) is 0 Å². The van der Waals surface area contributed by atoms with E-state index < -0.39 is 6.09 Å². The molecular formula is C7H5N3O3. The standard InChI is InChI=1S/C7H5N3O3/c11-7(13-12)10-6-4-2-1-3-5(6)8-9-10/h1-4,12H. The summed E-state index contributed by atoms with van der Waals surface area (Å²) in [6.07, 6.45) is -0.978. The van der Waals surface area contributed by atoms with E-state index in [4.69, 9.17) is 5.26 Å². The van der Waals surface area contributed by atoms with Crippen molar-refractivity contribution in [2.24, 2.45) is 0 Å². The molecule has 0 saturated heterocycles. The van der Waals surface area contributed by atoms with Crippen LogP contribution in [-0.2, 0) is 4.89 Å². The van der Waals surface area contributed by atoms with Crippen LogP contribution in [0.3, 0.4) is 0 Å². The summed E-state index contributed by atoms with van der Waals surface area (Å²) in [6.45, 7) is 0. The molecule has 2 rings (SSSR count). The molecule has 2 aromatic rings. The van der Waals surface area contributed by atoms with Gasteiger partial charge in [-0.15, -0.1) is 9.78 Å². The Balaban J connectivity index is 2.64. The van der Waals surface area contributed by atoms with Crippen LogP contribution in [0.15, 0.2) is 24.3 Å². The number of nitrogens with zero attached hydrogens (tertiary/aromatic N) is 3. The van der Waals surface area contributed by atoms with E-state index in [1.165, 1.54) is 0 Å². The predicted octanol–water partition coefficient (Wildman–Crippen LogP) is 0.889. The first kappa shape index (κ1) is 7.69. The molecule has 0 atom stereocenters. The highest BCUT2D eigenvalue weighted by Crippen LogP contribution is 2.09. The fourth-order valence-electron chi connectivity index (χ4n) is 1.04. The van der Waals surface area contributed by atoms with Gasteiger partial charge >= 0.3 is 6.09 Å². The van der Waals surface area contributed by atoms with Gasteiger partial charge in [0.15, 0.2) is 0 Å². The molecule has 6 nitrogen and oxygen atoms in total. The Bertz CT molecular complexity index is 451. The van der Waals surface area contributed by atoms with E-state index in [-0.39, 0.29) is 0 Å². The average Bonchev–Trinajstić information content (AvgIpc) is 2.60. The van der Waals surface area contributed by atoms with Gasteiger partial charge in [0.05, 0.1) is 0 Å². The molecule has 0 bridgehead atoms. The maximum atomic E-state index is 10.9. The van der Waals surface area contributed by atoms with E-state index in [1.54, 1.807) is 24.3 Å². The van der Waals surface area contributed by atoms with Gasteiger partial charge in [-0.3, -0.25) is 4.89 Å². The summed E-state index contributed by atoms with van der Waals surface area (Å²) in [6, 6.07) is 6.84. The van der Waals surface area contributed by atoms with Gasteiger partial charge in [0.25, 0.3) is 0 Å². The monoisotopic (exact) mass is 179 g/mol. The average molecular weight is 179 g/mol. The smallest absolute Gasteiger partial charge is 0.276 e. The van der Waals surface area contributed by atoms with Gasteiger partial charge in [-0.2, -0.15) is 5.26 Å². The minimum absolute atomic E-state index is 0.488. The SMILES string of the molecule is O=C(OO)n1nnc2ccccc21. The van der Waals surface area contributed by atoms with Crippen molar-refractivity contribution in [3.05, 3.63) is 24.3 Å². The summed E-state index contributed by atoms with van der Waals surface area (Å²) in [5.74, 6) is 0. The van der Waals surface area contributed by atoms with E-state index in [1.807, 2.05) is 0 Å². The highest BCUT2D eigenvalue weighted by Gasteiger charge is 2.11. The minimum Gasteiger partial charge on any atom is -0.276 e. The molecule has 66 valence electrons. The van der Waals surface area contributed by atoms with Crippen LogP contribution in [0, 0.1) is 0 Å². The van der Waals surface area contributed by atoms with Crippen LogP contribution < -0.4 is 0 Å². The van der Waals surface area contributed by atoms with Crippen molar-refractivity contribution >= 4 is 17.1 Å². The van der Waals surface area contributed by atoms with Gasteiger partial charge in [0.2, 0.25) is 0 Å². The van der Waals surface area contributed by atoms with E-state index in [0.29, 0.717) is 11.0 Å². The molecular weight excluding hydrogens is 174 g/mol. The van der Waals surface area contributed by atoms with Crippen LogP contribution in [-0.4, -0.2) is 26.3 Å². The normalized spacial score (nSPS) is 10.2. The number of aromatic nitrogens is 3. The molecule has 0 unspecified atom stereocenters. The second kappa shape index (κ2) is 2.83. The lowest BCUT2D eigenvalue weighted by Gasteiger charge is -1.94. The van der Waals surface area contributed by atoms with Crippen LogP contribution in [0.25, 0.3) is 11.0 Å². The number of hydrogen-bond acceptors (Lipinski definition) is 5. The molecule has 0 radical (unpaired) electrons. The summed E-state index contributed by atoms with van der Waals surface area (Å²) in [5, 5.41) is 15.3. The van der Waals surface area contributed by atoms with Crippen LogP contribution in [0.1, 0.15) is 0 Å². The Morgan fingerprint density at radius 3 is 3.00 bits per heavy atom. The highest BCUT2D eigenvalue weighted by atomic mass is 17.1. The number of rotatable bonds is 0. The summed E-state index contributed by atoms with van der Waals surface area (Å²) >= 11 is 0. The third-order valence-corrected chi connectivity index (χ3v) is 1.60. The Morgan fingerprint density at radius 1 is 1.46 bits per heavy atom. The maximum absolute atomic E-state index is 10.9. The molecule has 0 aliphatic carbocycles. The fraction of sp³-hybridized carbons (Fsp3) is 0. The summed E-state index contributed by atoms with van der Waals surface area (Å²) in [7, 11) is 0. The lowest BCUT2D eigenvalue weighted by atomic mass is 10.3. The third-order valence-electron chi connectivity index (χ3n) is 1.60. The fourth-order valence-corrected chi connectivity index (χ4v) is 1.04. The zero-order valence-electron chi connectivity index (χ0n) is 6.41. The Labute approximate surface area is 72.3 Å². The molecule has 0 saturated carbocycles. The molecule has 0 aliphatic rings. The minimum atomic E-state index is -0.978. The molecule has 1 aromatic heterocycles. The van der Waals surface area contributed by atoms with Crippen LogP contribution in [0.4, 0.5) is 4.79 Å². The van der Waals surface area contributed by atoms with E-state index in [9.17, 15) is 4.79 Å². The summed E-state index contributed by atoms with van der Waals surface area (Å²) in [5.41, 5.74) is 1.05. The molecule has 0 aliphatic heterocycles. The van der Waals surface area contributed by atoms with E-state index in [0.717, 1.165) is 4.68 Å². The van der Waals surface area contributed by atoms with Crippen molar-refractivity contribution in [3.8, 4) is 0 Å². The quantitative estimate of drug-likeness (QED) is 0.480. The summed E-state index contributed by atoms with van der Waals surface area (Å²) in [4.78, 5) is 14.4. The van der Waals surface area contributed by atoms with Crippen molar-refractivity contribution in [1.29, 1.82) is 0 Å². The van der Waals surface area contributed by atoms with Crippen LogP contribution >= 0.6 is 0 Å². The first-order valence-corrected chi connectivity index (χ1v) is 3.49. The first-order valence-electron chi connectivity index (χ1n) is 3.49. The molecule has 1 heterocycles. The van der Waals surface area contributed by atoms with Gasteiger partial charge in [-0.1, -0.05) is 17.3 Å². The maximum Gasteiger partial charge on any atom is 0.467 e. The van der Waals surface area contributed by atoms with Gasteiger partial charge in [0, 0.05) is 0 Å². The first-order chi connectivity index (χ1) is 6.33. The molecule has 0 spiro atoms. The number of benzene rings is 1. The Kier molecular flexibility index (Phi) is 1.67. The Hall–Kier alpha value is -1.95. The van der Waals surface area contributed by atoms with Gasteiger partial charge in [0.1, 0.15) is 11.0 Å². The van der Waals surface area contributed by atoms with Gasteiger partial charge in [-0.05, 0) is 12.1 Å². The zero-order valence-corrected chi connectivity index (χ0v) is 6.41. The topological polar surface area (TPSA) is 77.2 Å². The molecule has 0 amide bonds. The number of fused-ring (bicyclic) bond motifs is 1. The second-order valence-corrected chi connectivity index (χ2v) is 2.35. The van der Waals surface area contributed by atoms with Crippen LogP contribution in [0.2, 0.25) is 0 Å². The molecule has 6 heteroatoms. The van der Waals surface area contributed by atoms with E-state index >= 15 is 0 Å². The van der Waals surface area contributed by atoms with Crippen molar-refractivity contribution in [2.45, 2.75) is 0 Å². The van der Waals surface area contributed by atoms with Crippen LogP contribution in [0.5, 0.6) is 0 Å². The zero-order chi connectivity index (χ0) is 9.26. The number of para-hydroxylation sites is 1. The van der Waals surface area contributed by atoms with E-state index in [2.05, 4.69) is 15.2 Å². The van der Waals surface area contributed by atoms with Crippen molar-refractivity contribution in [1.82, 2.24) is 15.0 Å². The lowest BCUT2D eigenvalue weighted by molar-refractivity contribution is -0.178. The van der Waals surface area contributed by atoms with Gasteiger partial charge < -0.3 is 0 Å². The third kappa shape index (κ3) is 1.13. The van der Waals surface area contributed by atoms with Crippen molar-refractivity contribution < 1.29 is 14.9 Å². The number of carbonyl (C=O) groups is 1. The molecule has 1 N–H and O–H groups in total. The molecule has 13 heavy (non-hydrogen) atoms. The van der Waals surface area contributed by atoms with Gasteiger partial charge in [-0.25, -0.2) is 4.79 Å². The number of hydrogen-bond donors (Lipinski definition) is 1. The molecule has 0 fully saturated rings. The summed E-state index contributed by atoms with van der Waals surface area (Å²) < 4.78 is 0.870. The Morgan fingerprint density at radius 2 is 2.23 bits per heavy atom. The molecule has 1 aromatic carbocycles.